The van der Waals surface area contributed by atoms with Crippen molar-refractivity contribution in [1.29, 1.82) is 0 Å². The van der Waals surface area contributed by atoms with Crippen LogP contribution in [0.5, 0.6) is 0 Å². The summed E-state index contributed by atoms with van der Waals surface area (Å²) in [4.78, 5) is 16.4. The summed E-state index contributed by atoms with van der Waals surface area (Å²) >= 11 is 1.83. The highest BCUT2D eigenvalue weighted by atomic mass is 32.1. The molecule has 0 spiro atoms. The average molecular weight is 319 g/mol. The van der Waals surface area contributed by atoms with E-state index in [2.05, 4.69) is 27.6 Å². The van der Waals surface area contributed by atoms with Gasteiger partial charge in [-0.1, -0.05) is 6.42 Å². The second-order valence-electron chi connectivity index (χ2n) is 6.22. The largest absolute Gasteiger partial charge is 0.303 e. The van der Waals surface area contributed by atoms with E-state index in [1.807, 2.05) is 11.3 Å². The minimum absolute atomic E-state index is 0.0264. The van der Waals surface area contributed by atoms with Gasteiger partial charge in [0.1, 0.15) is 0 Å². The first-order chi connectivity index (χ1) is 10.8. The molecule has 2 aliphatic rings. The molecule has 1 amide bonds. The number of unbranched alkanes of at least 4 members (excludes halogenated alkanes) is 2. The zero-order valence-electron chi connectivity index (χ0n) is 13.1. The predicted molar refractivity (Wildman–Crippen MR) is 91.5 cm³/mol. The minimum Gasteiger partial charge on any atom is -0.303 e. The average Bonchev–Trinajstić information content (AvgIpc) is 3.19. The SMILES string of the molecule is O=C1CCC(c2ccc(CCCCCN3CCCC3)s2)=NN1. The number of hydrogen-bond acceptors (Lipinski definition) is 4. The summed E-state index contributed by atoms with van der Waals surface area (Å²) in [6, 6.07) is 4.37. The minimum atomic E-state index is 0.0264. The molecule has 4 nitrogen and oxygen atoms in total. The van der Waals surface area contributed by atoms with Crippen LogP contribution in [0.25, 0.3) is 0 Å². The van der Waals surface area contributed by atoms with Crippen LogP contribution in [0.1, 0.15) is 54.7 Å². The van der Waals surface area contributed by atoms with Gasteiger partial charge in [0.15, 0.2) is 0 Å². The lowest BCUT2D eigenvalue weighted by molar-refractivity contribution is -0.121. The van der Waals surface area contributed by atoms with Crippen LogP contribution in [0.2, 0.25) is 0 Å². The second kappa shape index (κ2) is 7.88. The third kappa shape index (κ3) is 4.40. The van der Waals surface area contributed by atoms with Crippen molar-refractivity contribution >= 4 is 23.0 Å². The van der Waals surface area contributed by atoms with Crippen LogP contribution in [-0.4, -0.2) is 36.2 Å². The fourth-order valence-electron chi connectivity index (χ4n) is 3.14. The summed E-state index contributed by atoms with van der Waals surface area (Å²) in [5, 5.41) is 4.17. The smallest absolute Gasteiger partial charge is 0.240 e. The second-order valence-corrected chi connectivity index (χ2v) is 7.39. The lowest BCUT2D eigenvalue weighted by Gasteiger charge is -2.13. The quantitative estimate of drug-likeness (QED) is 0.785. The Labute approximate surface area is 136 Å². The lowest BCUT2D eigenvalue weighted by Crippen LogP contribution is -2.25. The number of thiophene rings is 1. The van der Waals surface area contributed by atoms with Gasteiger partial charge in [-0.05, 0) is 63.9 Å². The lowest BCUT2D eigenvalue weighted by atomic mass is 10.1. The molecule has 22 heavy (non-hydrogen) atoms. The number of hydrazone groups is 1. The standard InChI is InChI=1S/C17H25N3OS/c21-17-10-8-15(18-19-17)16-9-7-14(22-16)6-2-1-3-11-20-12-4-5-13-20/h7,9H,1-6,8,10-13H2,(H,19,21). The van der Waals surface area contributed by atoms with Crippen molar-refractivity contribution in [3.8, 4) is 0 Å². The fourth-order valence-corrected chi connectivity index (χ4v) is 4.20. The molecule has 1 fully saturated rings. The number of carbonyl (C=O) groups excluding carboxylic acids is 1. The van der Waals surface area contributed by atoms with Gasteiger partial charge in [0.2, 0.25) is 5.91 Å². The number of nitrogens with one attached hydrogen (secondary N) is 1. The van der Waals surface area contributed by atoms with Gasteiger partial charge in [-0.2, -0.15) is 5.10 Å². The van der Waals surface area contributed by atoms with Gasteiger partial charge >= 0.3 is 0 Å². The number of rotatable bonds is 7. The zero-order chi connectivity index (χ0) is 15.2. The maximum Gasteiger partial charge on any atom is 0.240 e. The molecule has 0 aliphatic carbocycles. The summed E-state index contributed by atoms with van der Waals surface area (Å²) in [6.07, 6.45) is 9.20. The molecule has 1 N–H and O–H groups in total. The van der Waals surface area contributed by atoms with E-state index in [0.29, 0.717) is 6.42 Å². The van der Waals surface area contributed by atoms with E-state index in [4.69, 9.17) is 0 Å². The van der Waals surface area contributed by atoms with Crippen molar-refractivity contribution in [2.75, 3.05) is 19.6 Å². The number of nitrogens with zero attached hydrogens (tertiary/aromatic N) is 2. The predicted octanol–water partition coefficient (Wildman–Crippen LogP) is 3.17. The number of aryl methyl sites for hydroxylation is 1. The summed E-state index contributed by atoms with van der Waals surface area (Å²) < 4.78 is 0. The van der Waals surface area contributed by atoms with Crippen molar-refractivity contribution in [2.45, 2.75) is 51.4 Å². The molecule has 0 aromatic carbocycles. The molecular weight excluding hydrogens is 294 g/mol. The maximum atomic E-state index is 11.1. The molecule has 5 heteroatoms. The third-order valence-corrected chi connectivity index (χ3v) is 5.64. The van der Waals surface area contributed by atoms with Crippen LogP contribution in [-0.2, 0) is 11.2 Å². The third-order valence-electron chi connectivity index (χ3n) is 4.45. The molecule has 1 saturated heterocycles. The Morgan fingerprint density at radius 2 is 2.00 bits per heavy atom. The van der Waals surface area contributed by atoms with Crippen molar-refractivity contribution in [3.63, 3.8) is 0 Å². The van der Waals surface area contributed by atoms with E-state index < -0.39 is 0 Å². The first kappa shape index (κ1) is 15.7. The fraction of sp³-hybridized carbons (Fsp3) is 0.647. The molecule has 3 rings (SSSR count). The molecule has 120 valence electrons. The highest BCUT2D eigenvalue weighted by Crippen LogP contribution is 2.22. The summed E-state index contributed by atoms with van der Waals surface area (Å²) in [5.74, 6) is 0.0264. The first-order valence-corrected chi connectivity index (χ1v) is 9.30. The van der Waals surface area contributed by atoms with Gasteiger partial charge in [0.25, 0.3) is 0 Å². The summed E-state index contributed by atoms with van der Waals surface area (Å²) in [7, 11) is 0. The molecule has 1 aromatic heterocycles. The Bertz CT molecular complexity index is 532. The maximum absolute atomic E-state index is 11.1. The molecule has 3 heterocycles. The van der Waals surface area contributed by atoms with Gasteiger partial charge < -0.3 is 4.90 Å². The van der Waals surface area contributed by atoms with E-state index in [1.54, 1.807) is 0 Å². The summed E-state index contributed by atoms with van der Waals surface area (Å²) in [5.41, 5.74) is 3.61. The van der Waals surface area contributed by atoms with Crippen LogP contribution >= 0.6 is 11.3 Å². The number of hydrogen-bond donors (Lipinski definition) is 1. The molecule has 2 aliphatic heterocycles. The van der Waals surface area contributed by atoms with Crippen LogP contribution < -0.4 is 5.43 Å². The van der Waals surface area contributed by atoms with Crippen LogP contribution in [0.3, 0.4) is 0 Å². The van der Waals surface area contributed by atoms with Gasteiger partial charge in [0.05, 0.1) is 10.6 Å². The molecule has 1 aromatic rings. The van der Waals surface area contributed by atoms with Crippen molar-refractivity contribution in [2.24, 2.45) is 5.10 Å². The van der Waals surface area contributed by atoms with Gasteiger partial charge in [-0.25, -0.2) is 5.43 Å². The van der Waals surface area contributed by atoms with Crippen molar-refractivity contribution in [3.05, 3.63) is 21.9 Å². The van der Waals surface area contributed by atoms with Gasteiger partial charge in [-0.15, -0.1) is 11.3 Å². The molecule has 0 saturated carbocycles. The normalized spacial score (nSPS) is 19.3. The van der Waals surface area contributed by atoms with E-state index in [-0.39, 0.29) is 5.91 Å². The number of amides is 1. The zero-order valence-corrected chi connectivity index (χ0v) is 14.0. The molecule has 0 radical (unpaired) electrons. The molecule has 0 bridgehead atoms. The van der Waals surface area contributed by atoms with Crippen molar-refractivity contribution < 1.29 is 4.79 Å². The molecule has 0 atom stereocenters. The Balaban J connectivity index is 1.37. The summed E-state index contributed by atoms with van der Waals surface area (Å²) in [6.45, 7) is 3.91. The number of carbonyl (C=O) groups is 1. The van der Waals surface area contributed by atoms with E-state index in [0.717, 1.165) is 12.1 Å². The van der Waals surface area contributed by atoms with Crippen LogP contribution in [0.4, 0.5) is 0 Å². The monoisotopic (exact) mass is 319 g/mol. The molecular formula is C17H25N3OS. The topological polar surface area (TPSA) is 44.7 Å². The van der Waals surface area contributed by atoms with Crippen molar-refractivity contribution in [1.82, 2.24) is 10.3 Å². The first-order valence-electron chi connectivity index (χ1n) is 8.48. The highest BCUT2D eigenvalue weighted by Gasteiger charge is 2.15. The van der Waals surface area contributed by atoms with Crippen LogP contribution in [0.15, 0.2) is 17.2 Å². The number of likely N-dealkylation sites (tertiary alicyclic amines) is 1. The Morgan fingerprint density at radius 3 is 2.77 bits per heavy atom. The van der Waals surface area contributed by atoms with Crippen LogP contribution in [0, 0.1) is 0 Å². The Hall–Kier alpha value is -1.20. The Morgan fingerprint density at radius 1 is 1.14 bits per heavy atom. The Kier molecular flexibility index (Phi) is 5.62. The van der Waals surface area contributed by atoms with E-state index in [9.17, 15) is 4.79 Å². The van der Waals surface area contributed by atoms with E-state index >= 15 is 0 Å². The van der Waals surface area contributed by atoms with Gasteiger partial charge in [-0.3, -0.25) is 4.79 Å². The molecule has 0 unspecified atom stereocenters. The highest BCUT2D eigenvalue weighted by molar-refractivity contribution is 7.14. The van der Waals surface area contributed by atoms with E-state index in [1.165, 1.54) is 67.9 Å². The van der Waals surface area contributed by atoms with Gasteiger partial charge in [0, 0.05) is 17.7 Å².